The number of hydrogen-bond acceptors (Lipinski definition) is 4. The lowest BCUT2D eigenvalue weighted by molar-refractivity contribution is -0.114. The van der Waals surface area contributed by atoms with Crippen molar-refractivity contribution in [2.45, 2.75) is 11.3 Å². The van der Waals surface area contributed by atoms with Gasteiger partial charge < -0.3 is 30.8 Å². The molecular weight excluding hydrogens is 421 g/mol. The molecule has 0 unspecified atom stereocenters. The van der Waals surface area contributed by atoms with E-state index in [1.54, 1.807) is 31.1 Å². The standard InChI is InChI=1S/C17H21Cl2N7O3/c1-25-7-9(5-11(25)15(27)22-4-3-13(20)21)23-16(28)12-6-10(8-26(12)2)24-17(29)14(18)19/h5-8,14H,3-4H2,1-2H3,(H3,20,21)(H,22,27)(H,23,28)(H,24,29). The molecule has 0 saturated heterocycles. The summed E-state index contributed by atoms with van der Waals surface area (Å²) in [5.41, 5.74) is 6.65. The fourth-order valence-corrected chi connectivity index (χ4v) is 2.62. The third kappa shape index (κ3) is 6.00. The molecule has 2 aromatic heterocycles. The van der Waals surface area contributed by atoms with Gasteiger partial charge in [0.05, 0.1) is 17.2 Å². The molecule has 2 aromatic rings. The molecule has 2 heterocycles. The van der Waals surface area contributed by atoms with Crippen LogP contribution in [0.25, 0.3) is 0 Å². The quantitative estimate of drug-likeness (QED) is 0.239. The summed E-state index contributed by atoms with van der Waals surface area (Å²) in [5, 5.41) is 15.0. The zero-order valence-corrected chi connectivity index (χ0v) is 17.3. The second-order valence-corrected chi connectivity index (χ2v) is 7.32. The first-order valence-electron chi connectivity index (χ1n) is 8.42. The number of amides is 3. The minimum atomic E-state index is -1.23. The Balaban J connectivity index is 2.06. The van der Waals surface area contributed by atoms with Crippen molar-refractivity contribution in [1.82, 2.24) is 14.5 Å². The zero-order chi connectivity index (χ0) is 21.7. The first kappa shape index (κ1) is 22.3. The molecule has 0 saturated carbocycles. The predicted octanol–water partition coefficient (Wildman–Crippen LogP) is 1.41. The minimum Gasteiger partial charge on any atom is -0.388 e. The molecule has 12 heteroatoms. The van der Waals surface area contributed by atoms with Gasteiger partial charge in [0.15, 0.2) is 4.84 Å². The maximum atomic E-state index is 12.6. The number of rotatable bonds is 8. The topological polar surface area (TPSA) is 147 Å². The van der Waals surface area contributed by atoms with Crippen molar-refractivity contribution in [3.63, 3.8) is 0 Å². The SMILES string of the molecule is Cn1cc(NC(=O)c2cc(NC(=O)C(Cl)Cl)cn2C)cc1C(=O)NCCC(=N)N. The van der Waals surface area contributed by atoms with Gasteiger partial charge in [-0.2, -0.15) is 0 Å². The number of hydrogen-bond donors (Lipinski definition) is 5. The highest BCUT2D eigenvalue weighted by Crippen LogP contribution is 2.18. The Morgan fingerprint density at radius 2 is 1.55 bits per heavy atom. The summed E-state index contributed by atoms with van der Waals surface area (Å²) in [5.74, 6) is -1.41. The van der Waals surface area contributed by atoms with Crippen molar-refractivity contribution in [2.75, 3.05) is 17.2 Å². The van der Waals surface area contributed by atoms with Crippen molar-refractivity contribution in [3.05, 3.63) is 35.9 Å². The van der Waals surface area contributed by atoms with Crippen LogP contribution in [0.3, 0.4) is 0 Å². The van der Waals surface area contributed by atoms with Crippen LogP contribution < -0.4 is 21.7 Å². The van der Waals surface area contributed by atoms with Crippen molar-refractivity contribution < 1.29 is 14.4 Å². The highest BCUT2D eigenvalue weighted by molar-refractivity contribution is 6.54. The predicted molar refractivity (Wildman–Crippen MR) is 112 cm³/mol. The summed E-state index contributed by atoms with van der Waals surface area (Å²) in [7, 11) is 3.31. The van der Waals surface area contributed by atoms with Crippen LogP contribution in [0.1, 0.15) is 27.4 Å². The minimum absolute atomic E-state index is 0.0177. The van der Waals surface area contributed by atoms with Crippen LogP contribution >= 0.6 is 23.2 Å². The average Bonchev–Trinajstić information content (AvgIpc) is 3.16. The van der Waals surface area contributed by atoms with Crippen LogP contribution in [-0.2, 0) is 18.9 Å². The molecule has 0 atom stereocenters. The molecule has 0 bridgehead atoms. The normalized spacial score (nSPS) is 10.7. The summed E-state index contributed by atoms with van der Waals surface area (Å²) in [6.07, 6.45) is 3.39. The summed E-state index contributed by atoms with van der Waals surface area (Å²) in [4.78, 5) is 35.1. The number of carbonyl (C=O) groups excluding carboxylic acids is 3. The van der Waals surface area contributed by atoms with E-state index in [2.05, 4.69) is 16.0 Å². The summed E-state index contributed by atoms with van der Waals surface area (Å²) in [6.45, 7) is 0.240. The number of nitrogens with zero attached hydrogens (tertiary/aromatic N) is 2. The lowest BCUT2D eigenvalue weighted by Crippen LogP contribution is -2.28. The molecule has 0 aromatic carbocycles. The number of nitrogens with one attached hydrogen (secondary N) is 4. The number of alkyl halides is 2. The van der Waals surface area contributed by atoms with Crippen LogP contribution in [0.4, 0.5) is 11.4 Å². The number of aromatic nitrogens is 2. The first-order chi connectivity index (χ1) is 13.6. The average molecular weight is 442 g/mol. The van der Waals surface area contributed by atoms with E-state index in [9.17, 15) is 14.4 Å². The smallest absolute Gasteiger partial charge is 0.272 e. The van der Waals surface area contributed by atoms with Crippen LogP contribution in [0, 0.1) is 5.41 Å². The van der Waals surface area contributed by atoms with Crippen molar-refractivity contribution in [2.24, 2.45) is 19.8 Å². The monoisotopic (exact) mass is 441 g/mol. The Hall–Kier alpha value is -2.98. The fourth-order valence-electron chi connectivity index (χ4n) is 2.51. The molecule has 2 rings (SSSR count). The van der Waals surface area contributed by atoms with E-state index in [-0.39, 0.29) is 30.4 Å². The molecule has 3 amide bonds. The molecule has 0 radical (unpaired) electrons. The molecule has 0 fully saturated rings. The van der Waals surface area contributed by atoms with Gasteiger partial charge in [-0.3, -0.25) is 19.8 Å². The van der Waals surface area contributed by atoms with E-state index in [0.29, 0.717) is 17.1 Å². The third-order valence-corrected chi connectivity index (χ3v) is 4.28. The highest BCUT2D eigenvalue weighted by Gasteiger charge is 2.18. The van der Waals surface area contributed by atoms with E-state index in [4.69, 9.17) is 34.3 Å². The second kappa shape index (κ2) is 9.48. The maximum absolute atomic E-state index is 12.6. The third-order valence-electron chi connectivity index (χ3n) is 3.88. The van der Waals surface area contributed by atoms with Crippen LogP contribution in [0.15, 0.2) is 24.5 Å². The number of aryl methyl sites for hydroxylation is 2. The fraction of sp³-hybridized carbons (Fsp3) is 0.294. The van der Waals surface area contributed by atoms with Gasteiger partial charge in [-0.05, 0) is 12.1 Å². The van der Waals surface area contributed by atoms with E-state index >= 15 is 0 Å². The Kier molecular flexibility index (Phi) is 7.29. The Morgan fingerprint density at radius 3 is 2.07 bits per heavy atom. The molecule has 0 aliphatic rings. The van der Waals surface area contributed by atoms with Crippen molar-refractivity contribution in [1.29, 1.82) is 5.41 Å². The van der Waals surface area contributed by atoms with Gasteiger partial charge in [0.2, 0.25) is 0 Å². The van der Waals surface area contributed by atoms with Crippen LogP contribution in [0.5, 0.6) is 0 Å². The van der Waals surface area contributed by atoms with E-state index in [1.165, 1.54) is 16.7 Å². The van der Waals surface area contributed by atoms with Gasteiger partial charge in [-0.25, -0.2) is 0 Å². The van der Waals surface area contributed by atoms with Crippen molar-refractivity contribution in [3.8, 4) is 0 Å². The molecule has 10 nitrogen and oxygen atoms in total. The largest absolute Gasteiger partial charge is 0.388 e. The lowest BCUT2D eigenvalue weighted by Gasteiger charge is -2.04. The molecule has 6 N–H and O–H groups in total. The highest BCUT2D eigenvalue weighted by atomic mass is 35.5. The van der Waals surface area contributed by atoms with Gasteiger partial charge in [0.25, 0.3) is 17.7 Å². The summed E-state index contributed by atoms with van der Waals surface area (Å²) >= 11 is 11.0. The van der Waals surface area contributed by atoms with Crippen LogP contribution in [0.2, 0.25) is 0 Å². The number of carbonyl (C=O) groups is 3. The van der Waals surface area contributed by atoms with E-state index in [0.717, 1.165) is 0 Å². The number of nitrogens with two attached hydrogens (primary N) is 1. The zero-order valence-electron chi connectivity index (χ0n) is 15.8. The van der Waals surface area contributed by atoms with Crippen LogP contribution in [-0.4, -0.2) is 44.1 Å². The Labute approximate surface area is 176 Å². The molecule has 0 spiro atoms. The number of anilines is 2. The Morgan fingerprint density at radius 1 is 1.03 bits per heavy atom. The maximum Gasteiger partial charge on any atom is 0.272 e. The Bertz CT molecular complexity index is 949. The molecule has 0 aliphatic heterocycles. The van der Waals surface area contributed by atoms with Gasteiger partial charge in [0.1, 0.15) is 11.4 Å². The van der Waals surface area contributed by atoms with E-state index < -0.39 is 16.7 Å². The summed E-state index contributed by atoms with van der Waals surface area (Å²) < 4.78 is 3.09. The number of amidine groups is 1. The van der Waals surface area contributed by atoms with Gasteiger partial charge in [-0.1, -0.05) is 23.2 Å². The summed E-state index contributed by atoms with van der Waals surface area (Å²) in [6, 6.07) is 3.00. The second-order valence-electron chi connectivity index (χ2n) is 6.23. The van der Waals surface area contributed by atoms with Crippen molar-refractivity contribution >= 4 is 58.1 Å². The molecule has 29 heavy (non-hydrogen) atoms. The van der Waals surface area contributed by atoms with Gasteiger partial charge in [0, 0.05) is 39.5 Å². The lowest BCUT2D eigenvalue weighted by atomic mass is 10.3. The van der Waals surface area contributed by atoms with Gasteiger partial charge >= 0.3 is 0 Å². The molecular formula is C17H21Cl2N7O3. The van der Waals surface area contributed by atoms with E-state index in [1.807, 2.05) is 0 Å². The number of halogens is 2. The van der Waals surface area contributed by atoms with Gasteiger partial charge in [-0.15, -0.1) is 0 Å². The first-order valence-corrected chi connectivity index (χ1v) is 9.30. The molecule has 0 aliphatic carbocycles. The molecule has 156 valence electrons.